The van der Waals surface area contributed by atoms with Gasteiger partial charge in [0.05, 0.1) is 6.54 Å². The number of thiocarbonyl (C=S) groups is 1. The van der Waals surface area contributed by atoms with Crippen LogP contribution in [0.25, 0.3) is 0 Å². The van der Waals surface area contributed by atoms with Gasteiger partial charge in [0.15, 0.2) is 11.4 Å². The third-order valence-corrected chi connectivity index (χ3v) is 2.80. The van der Waals surface area contributed by atoms with Crippen molar-refractivity contribution in [1.29, 1.82) is 0 Å². The van der Waals surface area contributed by atoms with Crippen LogP contribution in [0.15, 0.2) is 24.3 Å². The largest absolute Gasteiger partial charge is 0.356 e. The molecule has 0 heterocycles. The maximum Gasteiger partial charge on any atom is 0.269 e. The number of carbonyl (C=O) groups is 1. The van der Waals surface area contributed by atoms with E-state index < -0.39 is 6.29 Å². The van der Waals surface area contributed by atoms with E-state index in [2.05, 4.69) is 16.2 Å². The minimum absolute atomic E-state index is 0.260. The highest BCUT2D eigenvalue weighted by molar-refractivity contribution is 7.80. The van der Waals surface area contributed by atoms with Gasteiger partial charge in [-0.25, -0.2) is 0 Å². The summed E-state index contributed by atoms with van der Waals surface area (Å²) in [6, 6.07) is 7.23. The van der Waals surface area contributed by atoms with Gasteiger partial charge < -0.3 is 14.8 Å². The van der Waals surface area contributed by atoms with Gasteiger partial charge in [-0.1, -0.05) is 17.7 Å². The summed E-state index contributed by atoms with van der Waals surface area (Å²) in [4.78, 5) is 11.8. The average Bonchev–Trinajstić information content (AvgIpc) is 2.46. The second-order valence-corrected chi connectivity index (χ2v) is 4.46. The van der Waals surface area contributed by atoms with Crippen LogP contribution in [0, 0.1) is 6.92 Å². The number of methoxy groups -OCH3 is 2. The molecule has 0 fully saturated rings. The Kier molecular flexibility index (Phi) is 6.92. The fourth-order valence-electron chi connectivity index (χ4n) is 1.37. The molecular weight excluding hydrogens is 278 g/mol. The molecule has 6 nitrogen and oxygen atoms in total. The van der Waals surface area contributed by atoms with Gasteiger partial charge in [0, 0.05) is 19.8 Å². The van der Waals surface area contributed by atoms with E-state index in [1.165, 1.54) is 14.2 Å². The fourth-order valence-corrected chi connectivity index (χ4v) is 1.51. The Bertz CT molecular complexity index is 447. The Hall–Kier alpha value is -1.70. The Labute approximate surface area is 123 Å². The highest BCUT2D eigenvalue weighted by Crippen LogP contribution is 2.02. The zero-order valence-corrected chi connectivity index (χ0v) is 12.5. The lowest BCUT2D eigenvalue weighted by atomic mass is 10.1. The van der Waals surface area contributed by atoms with Crippen LogP contribution in [0.1, 0.15) is 15.9 Å². The molecule has 0 saturated carbocycles. The molecule has 0 unspecified atom stereocenters. The number of aryl methyl sites for hydroxylation is 1. The van der Waals surface area contributed by atoms with Gasteiger partial charge in [0.1, 0.15) is 0 Å². The van der Waals surface area contributed by atoms with Crippen LogP contribution >= 0.6 is 12.2 Å². The van der Waals surface area contributed by atoms with E-state index in [1.54, 1.807) is 12.1 Å². The summed E-state index contributed by atoms with van der Waals surface area (Å²) in [7, 11) is 3.07. The number of rotatable bonds is 5. The molecule has 0 bridgehead atoms. The van der Waals surface area contributed by atoms with Crippen molar-refractivity contribution in [3.05, 3.63) is 35.4 Å². The Morgan fingerprint density at radius 1 is 1.20 bits per heavy atom. The lowest BCUT2D eigenvalue weighted by Gasteiger charge is -2.16. The van der Waals surface area contributed by atoms with Gasteiger partial charge in [0.25, 0.3) is 5.91 Å². The van der Waals surface area contributed by atoms with Crippen LogP contribution in [0.2, 0.25) is 0 Å². The number of hydrogen-bond acceptors (Lipinski definition) is 4. The number of ether oxygens (including phenoxy) is 2. The third kappa shape index (κ3) is 5.52. The number of hydrogen-bond donors (Lipinski definition) is 3. The molecule has 1 amide bonds. The van der Waals surface area contributed by atoms with Crippen LogP contribution in [0.3, 0.4) is 0 Å². The van der Waals surface area contributed by atoms with Crippen LogP contribution in [-0.4, -0.2) is 38.1 Å². The Morgan fingerprint density at radius 3 is 2.35 bits per heavy atom. The summed E-state index contributed by atoms with van der Waals surface area (Å²) in [5.74, 6) is -0.260. The second kappa shape index (κ2) is 8.47. The molecule has 3 N–H and O–H groups in total. The monoisotopic (exact) mass is 297 g/mol. The molecule has 0 aliphatic rings. The first kappa shape index (κ1) is 16.4. The molecule has 1 aromatic carbocycles. The maximum atomic E-state index is 11.8. The molecule has 0 saturated heterocycles. The summed E-state index contributed by atoms with van der Waals surface area (Å²) in [5, 5.41) is 3.14. The molecule has 0 radical (unpaired) electrons. The molecular formula is C13H19N3O3S. The minimum Gasteiger partial charge on any atom is -0.356 e. The van der Waals surface area contributed by atoms with Crippen LogP contribution < -0.4 is 16.2 Å². The molecule has 0 aromatic heterocycles. The fraction of sp³-hybridized carbons (Fsp3) is 0.385. The standard InChI is InChI=1S/C13H19N3O3S/c1-9-4-6-10(7-5-9)12(17)15-16-13(20)14-8-11(18-2)19-3/h4-7,11H,8H2,1-3H3,(H,15,17)(H2,14,16,20). The SMILES string of the molecule is COC(CNC(=S)NNC(=O)c1ccc(C)cc1)OC. The second-order valence-electron chi connectivity index (χ2n) is 4.06. The number of amides is 1. The average molecular weight is 297 g/mol. The molecule has 0 atom stereocenters. The lowest BCUT2D eigenvalue weighted by Crippen LogP contribution is -2.48. The quantitative estimate of drug-likeness (QED) is 0.423. The highest BCUT2D eigenvalue weighted by Gasteiger charge is 2.07. The van der Waals surface area contributed by atoms with Gasteiger partial charge in [-0.2, -0.15) is 0 Å². The summed E-state index contributed by atoms with van der Waals surface area (Å²) >= 11 is 5.01. The van der Waals surface area contributed by atoms with E-state index in [1.807, 2.05) is 19.1 Å². The van der Waals surface area contributed by atoms with Crippen molar-refractivity contribution < 1.29 is 14.3 Å². The number of carbonyl (C=O) groups excluding carboxylic acids is 1. The number of benzene rings is 1. The van der Waals surface area contributed by atoms with Crippen molar-refractivity contribution in [3.63, 3.8) is 0 Å². The molecule has 20 heavy (non-hydrogen) atoms. The van der Waals surface area contributed by atoms with Crippen molar-refractivity contribution in [2.75, 3.05) is 20.8 Å². The van der Waals surface area contributed by atoms with Gasteiger partial charge in [-0.3, -0.25) is 15.6 Å². The van der Waals surface area contributed by atoms with E-state index in [-0.39, 0.29) is 11.0 Å². The molecule has 0 spiro atoms. The predicted octanol–water partition coefficient (Wildman–Crippen LogP) is 0.723. The maximum absolute atomic E-state index is 11.8. The molecule has 1 aromatic rings. The summed E-state index contributed by atoms with van der Waals surface area (Å²) in [6.07, 6.45) is -0.400. The smallest absolute Gasteiger partial charge is 0.269 e. The van der Waals surface area contributed by atoms with Crippen molar-refractivity contribution in [2.24, 2.45) is 0 Å². The van der Waals surface area contributed by atoms with Crippen LogP contribution in [0.4, 0.5) is 0 Å². The van der Waals surface area contributed by atoms with Gasteiger partial charge in [0.2, 0.25) is 0 Å². The molecule has 7 heteroatoms. The summed E-state index contributed by atoms with van der Waals surface area (Å²) in [6.45, 7) is 2.33. The first-order valence-electron chi connectivity index (χ1n) is 6.03. The Morgan fingerprint density at radius 2 is 1.80 bits per heavy atom. The summed E-state index contributed by atoms with van der Waals surface area (Å²) < 4.78 is 9.99. The molecule has 0 aliphatic carbocycles. The zero-order chi connectivity index (χ0) is 15.0. The van der Waals surface area contributed by atoms with Gasteiger partial charge in [-0.15, -0.1) is 0 Å². The normalized spacial score (nSPS) is 10.2. The van der Waals surface area contributed by atoms with Crippen molar-refractivity contribution in [2.45, 2.75) is 13.2 Å². The number of hydrazine groups is 1. The lowest BCUT2D eigenvalue weighted by molar-refractivity contribution is -0.0965. The van der Waals surface area contributed by atoms with E-state index in [0.29, 0.717) is 12.1 Å². The van der Waals surface area contributed by atoms with Gasteiger partial charge in [-0.05, 0) is 31.3 Å². The Balaban J connectivity index is 2.33. The summed E-state index contributed by atoms with van der Waals surface area (Å²) in [5.41, 5.74) is 6.76. The first-order valence-corrected chi connectivity index (χ1v) is 6.44. The molecule has 110 valence electrons. The molecule has 1 rings (SSSR count). The predicted molar refractivity (Wildman–Crippen MR) is 80.2 cm³/mol. The topological polar surface area (TPSA) is 71.6 Å². The molecule has 0 aliphatic heterocycles. The van der Waals surface area contributed by atoms with Crippen molar-refractivity contribution in [1.82, 2.24) is 16.2 Å². The first-order chi connectivity index (χ1) is 9.56. The number of nitrogens with one attached hydrogen (secondary N) is 3. The minimum atomic E-state index is -0.400. The van der Waals surface area contributed by atoms with Crippen LogP contribution in [0.5, 0.6) is 0 Å². The highest BCUT2D eigenvalue weighted by atomic mass is 32.1. The van der Waals surface area contributed by atoms with Crippen molar-refractivity contribution in [3.8, 4) is 0 Å². The van der Waals surface area contributed by atoms with E-state index in [0.717, 1.165) is 5.56 Å². The van der Waals surface area contributed by atoms with E-state index in [9.17, 15) is 4.79 Å². The van der Waals surface area contributed by atoms with Crippen LogP contribution in [-0.2, 0) is 9.47 Å². The van der Waals surface area contributed by atoms with Gasteiger partial charge >= 0.3 is 0 Å². The van der Waals surface area contributed by atoms with E-state index in [4.69, 9.17) is 21.7 Å². The van der Waals surface area contributed by atoms with E-state index >= 15 is 0 Å². The van der Waals surface area contributed by atoms with Crippen molar-refractivity contribution >= 4 is 23.2 Å². The third-order valence-electron chi connectivity index (χ3n) is 2.56. The zero-order valence-electron chi connectivity index (χ0n) is 11.7.